The van der Waals surface area contributed by atoms with E-state index in [1.54, 1.807) is 0 Å². The van der Waals surface area contributed by atoms with Crippen LogP contribution in [0.15, 0.2) is 48.5 Å². The van der Waals surface area contributed by atoms with Gasteiger partial charge >= 0.3 is 5.97 Å². The zero-order valence-corrected chi connectivity index (χ0v) is 21.1. The number of aryl methyl sites for hydroxylation is 3. The minimum Gasteiger partial charge on any atom is -0.459 e. The normalized spacial score (nSPS) is 11.1. The van der Waals surface area contributed by atoms with Gasteiger partial charge in [0.1, 0.15) is 5.00 Å². The van der Waals surface area contributed by atoms with Crippen molar-refractivity contribution in [2.24, 2.45) is 0 Å². The highest BCUT2D eigenvalue weighted by atomic mass is 32.1. The van der Waals surface area contributed by atoms with Gasteiger partial charge in [0.2, 0.25) is 0 Å². The first-order valence-electron chi connectivity index (χ1n) is 11.3. The summed E-state index contributed by atoms with van der Waals surface area (Å²) in [6.45, 7) is 11.5. The number of esters is 1. The Morgan fingerprint density at radius 3 is 2.44 bits per heavy atom. The number of thiophene rings is 1. The van der Waals surface area contributed by atoms with Gasteiger partial charge in [-0.05, 0) is 64.8 Å². The molecular weight excluding hydrogens is 444 g/mol. The number of ether oxygens (including phenoxy) is 1. The summed E-state index contributed by atoms with van der Waals surface area (Å²) in [5, 5.41) is 4.24. The van der Waals surface area contributed by atoms with Crippen LogP contribution in [0.5, 0.6) is 0 Å². The second-order valence-corrected chi connectivity index (χ2v) is 10.0. The number of pyridine rings is 1. The maximum atomic E-state index is 13.6. The number of hydrogen-bond acceptors (Lipinski definition) is 5. The quantitative estimate of drug-likeness (QED) is 0.317. The molecule has 0 saturated carbocycles. The second-order valence-electron chi connectivity index (χ2n) is 8.79. The third-order valence-corrected chi connectivity index (χ3v) is 6.90. The molecule has 2 aromatic heterocycles. The molecule has 0 unspecified atom stereocenters. The van der Waals surface area contributed by atoms with Gasteiger partial charge in [-0.3, -0.25) is 4.79 Å². The molecule has 2 aromatic carbocycles. The lowest BCUT2D eigenvalue weighted by Crippen LogP contribution is -2.17. The molecule has 1 N–H and O–H groups in total. The average molecular weight is 473 g/mol. The van der Waals surface area contributed by atoms with Crippen molar-refractivity contribution in [1.29, 1.82) is 0 Å². The van der Waals surface area contributed by atoms with Crippen LogP contribution < -0.4 is 5.32 Å². The van der Waals surface area contributed by atoms with E-state index >= 15 is 0 Å². The lowest BCUT2D eigenvalue weighted by Gasteiger charge is -2.13. The van der Waals surface area contributed by atoms with Gasteiger partial charge in [0, 0.05) is 15.8 Å². The van der Waals surface area contributed by atoms with E-state index in [4.69, 9.17) is 9.72 Å². The molecule has 6 heteroatoms. The third kappa shape index (κ3) is 4.59. The number of fused-ring (bicyclic) bond motifs is 1. The van der Waals surface area contributed by atoms with E-state index in [1.807, 2.05) is 77.1 Å². The minimum absolute atomic E-state index is 0.250. The van der Waals surface area contributed by atoms with E-state index in [0.717, 1.165) is 38.2 Å². The molecule has 0 radical (unpaired) electrons. The van der Waals surface area contributed by atoms with Crippen LogP contribution in [0, 0.1) is 27.7 Å². The molecule has 0 bridgehead atoms. The van der Waals surface area contributed by atoms with Gasteiger partial charge in [-0.2, -0.15) is 0 Å². The fourth-order valence-corrected chi connectivity index (χ4v) is 5.05. The fraction of sp³-hybridized carbons (Fsp3) is 0.250. The Kier molecular flexibility index (Phi) is 6.53. The number of amides is 1. The molecule has 34 heavy (non-hydrogen) atoms. The van der Waals surface area contributed by atoms with Crippen LogP contribution in [0.4, 0.5) is 5.00 Å². The molecule has 4 aromatic rings. The highest BCUT2D eigenvalue weighted by Gasteiger charge is 2.24. The van der Waals surface area contributed by atoms with Crippen molar-refractivity contribution in [3.63, 3.8) is 0 Å². The summed E-state index contributed by atoms with van der Waals surface area (Å²) >= 11 is 1.38. The number of nitrogens with zero attached hydrogens (tertiary/aromatic N) is 1. The smallest absolute Gasteiger partial charge is 0.341 e. The molecule has 4 rings (SSSR count). The van der Waals surface area contributed by atoms with Crippen LogP contribution in [0.3, 0.4) is 0 Å². The maximum Gasteiger partial charge on any atom is 0.341 e. The fourth-order valence-electron chi connectivity index (χ4n) is 4.01. The lowest BCUT2D eigenvalue weighted by atomic mass is 9.99. The Balaban J connectivity index is 1.80. The van der Waals surface area contributed by atoms with Crippen LogP contribution in [0.2, 0.25) is 0 Å². The number of hydrogen-bond donors (Lipinski definition) is 1. The first-order chi connectivity index (χ1) is 16.2. The maximum absolute atomic E-state index is 13.6. The monoisotopic (exact) mass is 472 g/mol. The second kappa shape index (κ2) is 9.39. The molecule has 5 nitrogen and oxygen atoms in total. The number of aromatic nitrogens is 1. The van der Waals surface area contributed by atoms with Crippen LogP contribution in [-0.4, -0.2) is 23.0 Å². The van der Waals surface area contributed by atoms with E-state index in [9.17, 15) is 9.59 Å². The molecule has 0 saturated heterocycles. The minimum atomic E-state index is -0.428. The number of carbonyl (C=O) groups excluding carboxylic acids is 2. The Bertz CT molecular complexity index is 1420. The first-order valence-corrected chi connectivity index (χ1v) is 12.1. The van der Waals surface area contributed by atoms with Crippen LogP contribution in [0.1, 0.15) is 56.1 Å². The van der Waals surface area contributed by atoms with Crippen molar-refractivity contribution in [3.05, 3.63) is 81.2 Å². The number of rotatable bonds is 5. The number of para-hydroxylation sites is 1. The summed E-state index contributed by atoms with van der Waals surface area (Å²) in [4.78, 5) is 32.1. The molecule has 2 heterocycles. The van der Waals surface area contributed by atoms with Gasteiger partial charge in [-0.1, -0.05) is 42.0 Å². The average Bonchev–Trinajstić information content (AvgIpc) is 3.05. The summed E-state index contributed by atoms with van der Waals surface area (Å²) in [5.74, 6) is -0.716. The highest BCUT2D eigenvalue weighted by molar-refractivity contribution is 7.16. The number of anilines is 1. The summed E-state index contributed by atoms with van der Waals surface area (Å²) in [7, 11) is 0. The highest BCUT2D eigenvalue weighted by Crippen LogP contribution is 2.34. The largest absolute Gasteiger partial charge is 0.459 e. The predicted octanol–water partition coefficient (Wildman–Crippen LogP) is 7.01. The number of carbonyl (C=O) groups is 2. The number of benzene rings is 2. The molecule has 0 aliphatic heterocycles. The van der Waals surface area contributed by atoms with Crippen molar-refractivity contribution >= 4 is 39.1 Å². The molecule has 174 valence electrons. The van der Waals surface area contributed by atoms with E-state index in [1.165, 1.54) is 16.9 Å². The summed E-state index contributed by atoms with van der Waals surface area (Å²) < 4.78 is 5.43. The zero-order chi connectivity index (χ0) is 24.6. The van der Waals surface area contributed by atoms with E-state index in [-0.39, 0.29) is 12.0 Å². The van der Waals surface area contributed by atoms with Gasteiger partial charge in [-0.15, -0.1) is 11.3 Å². The van der Waals surface area contributed by atoms with Gasteiger partial charge in [0.15, 0.2) is 0 Å². The SMILES string of the molecule is Cc1ccc(-c2cc(C(=O)Nc3sc(C)c(C)c3C(=O)OC(C)C)c3ccccc3n2)c(C)c1. The van der Waals surface area contributed by atoms with Crippen LogP contribution in [0.25, 0.3) is 22.2 Å². The van der Waals surface area contributed by atoms with E-state index in [2.05, 4.69) is 18.3 Å². The van der Waals surface area contributed by atoms with Crippen LogP contribution in [-0.2, 0) is 4.74 Å². The Morgan fingerprint density at radius 2 is 1.74 bits per heavy atom. The molecule has 0 fully saturated rings. The van der Waals surface area contributed by atoms with Crippen LogP contribution >= 0.6 is 11.3 Å². The molecule has 0 aliphatic carbocycles. The van der Waals surface area contributed by atoms with E-state index in [0.29, 0.717) is 16.1 Å². The Morgan fingerprint density at radius 1 is 1.00 bits per heavy atom. The summed E-state index contributed by atoms with van der Waals surface area (Å²) in [5.41, 5.74) is 6.46. The predicted molar refractivity (Wildman–Crippen MR) is 139 cm³/mol. The van der Waals surface area contributed by atoms with Crippen molar-refractivity contribution in [2.75, 3.05) is 5.32 Å². The molecular formula is C28H28N2O3S. The Hall–Kier alpha value is -3.51. The molecule has 0 aliphatic rings. The third-order valence-electron chi connectivity index (χ3n) is 5.78. The van der Waals surface area contributed by atoms with Crippen molar-refractivity contribution in [1.82, 2.24) is 4.98 Å². The summed E-state index contributed by atoms with van der Waals surface area (Å²) in [6, 6.07) is 15.6. The van der Waals surface area contributed by atoms with E-state index < -0.39 is 5.97 Å². The van der Waals surface area contributed by atoms with Gasteiger partial charge in [-0.25, -0.2) is 9.78 Å². The van der Waals surface area contributed by atoms with Gasteiger partial charge < -0.3 is 10.1 Å². The summed E-state index contributed by atoms with van der Waals surface area (Å²) in [6.07, 6.45) is -0.250. The standard InChI is InChI=1S/C28H28N2O3S/c1-15(2)33-28(32)25-18(5)19(6)34-27(25)30-26(31)22-14-24(20-12-11-16(3)13-17(20)4)29-23-10-8-7-9-21(22)23/h7-15H,1-6H3,(H,30,31). The molecule has 0 spiro atoms. The van der Waals surface area contributed by atoms with Gasteiger partial charge in [0.05, 0.1) is 28.4 Å². The topological polar surface area (TPSA) is 68.3 Å². The Labute approximate surface area is 203 Å². The lowest BCUT2D eigenvalue weighted by molar-refractivity contribution is 0.0379. The zero-order valence-electron chi connectivity index (χ0n) is 20.3. The molecule has 1 amide bonds. The van der Waals surface area contributed by atoms with Gasteiger partial charge in [0.25, 0.3) is 5.91 Å². The molecule has 0 atom stereocenters. The first kappa shape index (κ1) is 23.6. The number of nitrogens with one attached hydrogen (secondary N) is 1. The van der Waals surface area contributed by atoms with Crippen molar-refractivity contribution in [2.45, 2.75) is 47.6 Å². The van der Waals surface area contributed by atoms with Crippen molar-refractivity contribution in [3.8, 4) is 11.3 Å². The van der Waals surface area contributed by atoms with Crippen molar-refractivity contribution < 1.29 is 14.3 Å².